The van der Waals surface area contributed by atoms with E-state index in [-0.39, 0.29) is 12.2 Å². The first kappa shape index (κ1) is 19.9. The van der Waals surface area contributed by atoms with E-state index in [1.165, 1.54) is 0 Å². The van der Waals surface area contributed by atoms with Crippen LogP contribution in [0.4, 0.5) is 0 Å². The van der Waals surface area contributed by atoms with Gasteiger partial charge < -0.3 is 9.47 Å². The van der Waals surface area contributed by atoms with Gasteiger partial charge in [-0.15, -0.1) is 0 Å². The molecule has 2 unspecified atom stereocenters. The Bertz CT molecular complexity index is 892. The lowest BCUT2D eigenvalue weighted by Gasteiger charge is -2.20. The van der Waals surface area contributed by atoms with Gasteiger partial charge in [-0.05, 0) is 62.1 Å². The van der Waals surface area contributed by atoms with E-state index < -0.39 is 0 Å². The van der Waals surface area contributed by atoms with Crippen LogP contribution in [0.15, 0.2) is 66.9 Å². The minimum atomic E-state index is 0.126. The first-order chi connectivity index (χ1) is 13.6. The Morgan fingerprint density at radius 2 is 1.39 bits per heavy atom. The van der Waals surface area contributed by atoms with Crippen LogP contribution >= 0.6 is 0 Å². The highest BCUT2D eigenvalue weighted by Gasteiger charge is 2.15. The fourth-order valence-electron chi connectivity index (χ4n) is 2.95. The second kappa shape index (κ2) is 9.41. The van der Waals surface area contributed by atoms with Crippen molar-refractivity contribution in [3.05, 3.63) is 66.9 Å². The Balaban J connectivity index is 2.05. The SMILES string of the molecule is CCC(C)Oc1ccc(-c2ccccc2-c2ccccn2)cc1OC(C)CC. The quantitative estimate of drug-likeness (QED) is 0.435. The largest absolute Gasteiger partial charge is 0.487 e. The van der Waals surface area contributed by atoms with Crippen molar-refractivity contribution < 1.29 is 9.47 Å². The predicted octanol–water partition coefficient (Wildman–Crippen LogP) is 6.77. The van der Waals surface area contributed by atoms with Crippen LogP contribution in [0.3, 0.4) is 0 Å². The molecule has 0 aliphatic rings. The molecule has 0 fully saturated rings. The van der Waals surface area contributed by atoms with Crippen LogP contribution in [0.2, 0.25) is 0 Å². The molecule has 3 rings (SSSR count). The summed E-state index contributed by atoms with van der Waals surface area (Å²) in [5.74, 6) is 1.59. The lowest BCUT2D eigenvalue weighted by molar-refractivity contribution is 0.177. The number of hydrogen-bond acceptors (Lipinski definition) is 3. The number of hydrogen-bond donors (Lipinski definition) is 0. The summed E-state index contributed by atoms with van der Waals surface area (Å²) in [5.41, 5.74) is 4.29. The van der Waals surface area contributed by atoms with Gasteiger partial charge in [0.2, 0.25) is 0 Å². The van der Waals surface area contributed by atoms with E-state index in [0.29, 0.717) is 0 Å². The lowest BCUT2D eigenvalue weighted by atomic mass is 9.97. The molecular formula is C25H29NO2. The van der Waals surface area contributed by atoms with Crippen LogP contribution in [0.25, 0.3) is 22.4 Å². The molecule has 0 amide bonds. The third-order valence-corrected chi connectivity index (χ3v) is 4.93. The number of rotatable bonds is 8. The first-order valence-corrected chi connectivity index (χ1v) is 10.1. The van der Waals surface area contributed by atoms with Gasteiger partial charge in [-0.3, -0.25) is 4.98 Å². The van der Waals surface area contributed by atoms with Gasteiger partial charge in [0.05, 0.1) is 17.9 Å². The van der Waals surface area contributed by atoms with Crippen molar-refractivity contribution >= 4 is 0 Å². The molecule has 0 saturated carbocycles. The van der Waals surface area contributed by atoms with Crippen molar-refractivity contribution in [2.45, 2.75) is 52.7 Å². The molecule has 0 N–H and O–H groups in total. The van der Waals surface area contributed by atoms with Crippen LogP contribution in [-0.2, 0) is 0 Å². The zero-order valence-electron chi connectivity index (χ0n) is 17.2. The van der Waals surface area contributed by atoms with Crippen molar-refractivity contribution in [2.75, 3.05) is 0 Å². The number of aromatic nitrogens is 1. The maximum Gasteiger partial charge on any atom is 0.162 e. The monoisotopic (exact) mass is 375 g/mol. The fourth-order valence-corrected chi connectivity index (χ4v) is 2.95. The van der Waals surface area contributed by atoms with Gasteiger partial charge >= 0.3 is 0 Å². The molecule has 146 valence electrons. The molecule has 0 bridgehead atoms. The maximum atomic E-state index is 6.21. The Morgan fingerprint density at radius 1 is 0.750 bits per heavy atom. The highest BCUT2D eigenvalue weighted by molar-refractivity contribution is 5.82. The van der Waals surface area contributed by atoms with E-state index in [2.05, 4.69) is 63.0 Å². The summed E-state index contributed by atoms with van der Waals surface area (Å²) in [6.45, 7) is 8.41. The van der Waals surface area contributed by atoms with Gasteiger partial charge in [0.1, 0.15) is 0 Å². The summed E-state index contributed by atoms with van der Waals surface area (Å²) in [5, 5.41) is 0. The minimum absolute atomic E-state index is 0.126. The van der Waals surface area contributed by atoms with Gasteiger partial charge in [0, 0.05) is 11.8 Å². The van der Waals surface area contributed by atoms with Crippen molar-refractivity contribution in [2.24, 2.45) is 0 Å². The van der Waals surface area contributed by atoms with Gasteiger partial charge in [-0.25, -0.2) is 0 Å². The fraction of sp³-hybridized carbons (Fsp3) is 0.320. The topological polar surface area (TPSA) is 31.4 Å². The van der Waals surface area contributed by atoms with Crippen LogP contribution < -0.4 is 9.47 Å². The molecule has 2 aromatic carbocycles. The summed E-state index contributed by atoms with van der Waals surface area (Å²) in [6.07, 6.45) is 3.99. The van der Waals surface area contributed by atoms with Gasteiger partial charge in [-0.1, -0.05) is 50.2 Å². The summed E-state index contributed by atoms with van der Waals surface area (Å²) < 4.78 is 12.3. The number of nitrogens with zero attached hydrogens (tertiary/aromatic N) is 1. The molecule has 2 atom stereocenters. The third-order valence-electron chi connectivity index (χ3n) is 4.93. The summed E-state index contributed by atoms with van der Waals surface area (Å²) >= 11 is 0. The number of pyridine rings is 1. The van der Waals surface area contributed by atoms with Gasteiger partial charge in [-0.2, -0.15) is 0 Å². The van der Waals surface area contributed by atoms with Crippen molar-refractivity contribution in [3.63, 3.8) is 0 Å². The average molecular weight is 376 g/mol. The van der Waals surface area contributed by atoms with Crippen molar-refractivity contribution in [1.29, 1.82) is 0 Å². The van der Waals surface area contributed by atoms with E-state index in [1.54, 1.807) is 0 Å². The number of ether oxygens (including phenoxy) is 2. The molecule has 0 spiro atoms. The molecule has 1 aromatic heterocycles. The molecule has 1 heterocycles. The van der Waals surface area contributed by atoms with Crippen molar-refractivity contribution in [3.8, 4) is 33.9 Å². The molecule has 28 heavy (non-hydrogen) atoms. The minimum Gasteiger partial charge on any atom is -0.487 e. The molecule has 3 aromatic rings. The Kier molecular flexibility index (Phi) is 6.70. The van der Waals surface area contributed by atoms with E-state index in [9.17, 15) is 0 Å². The second-order valence-corrected chi connectivity index (χ2v) is 7.10. The van der Waals surface area contributed by atoms with Gasteiger partial charge in [0.25, 0.3) is 0 Å². The standard InChI is InChI=1S/C25H29NO2/c1-5-18(3)27-24-15-14-20(17-25(24)28-19(4)6-2)21-11-7-8-12-22(21)23-13-9-10-16-26-23/h7-19H,5-6H2,1-4H3. The molecule has 3 heteroatoms. The Hall–Kier alpha value is -2.81. The van der Waals surface area contributed by atoms with Gasteiger partial charge in [0.15, 0.2) is 11.5 Å². The predicted molar refractivity (Wildman–Crippen MR) is 116 cm³/mol. The maximum absolute atomic E-state index is 6.21. The highest BCUT2D eigenvalue weighted by atomic mass is 16.5. The van der Waals surface area contributed by atoms with E-state index >= 15 is 0 Å². The molecule has 0 aliphatic heterocycles. The zero-order chi connectivity index (χ0) is 19.9. The summed E-state index contributed by atoms with van der Waals surface area (Å²) in [6, 6.07) is 20.5. The van der Waals surface area contributed by atoms with Crippen LogP contribution in [0, 0.1) is 0 Å². The van der Waals surface area contributed by atoms with E-state index in [0.717, 1.165) is 46.7 Å². The normalized spacial score (nSPS) is 13.0. The Morgan fingerprint density at radius 3 is 2.04 bits per heavy atom. The molecular weight excluding hydrogens is 346 g/mol. The average Bonchev–Trinajstić information content (AvgIpc) is 2.75. The second-order valence-electron chi connectivity index (χ2n) is 7.10. The van der Waals surface area contributed by atoms with Crippen molar-refractivity contribution in [1.82, 2.24) is 4.98 Å². The van der Waals surface area contributed by atoms with E-state index in [4.69, 9.17) is 9.47 Å². The summed E-state index contributed by atoms with van der Waals surface area (Å²) in [7, 11) is 0. The molecule has 0 saturated heterocycles. The molecule has 0 radical (unpaired) electrons. The lowest BCUT2D eigenvalue weighted by Crippen LogP contribution is -2.14. The van der Waals surface area contributed by atoms with Crippen LogP contribution in [0.5, 0.6) is 11.5 Å². The zero-order valence-corrected chi connectivity index (χ0v) is 17.2. The van der Waals surface area contributed by atoms with E-state index in [1.807, 2.05) is 36.5 Å². The Labute approximate surface area is 168 Å². The first-order valence-electron chi connectivity index (χ1n) is 10.1. The third kappa shape index (κ3) is 4.72. The molecule has 3 nitrogen and oxygen atoms in total. The summed E-state index contributed by atoms with van der Waals surface area (Å²) in [4.78, 5) is 4.53. The molecule has 0 aliphatic carbocycles. The smallest absolute Gasteiger partial charge is 0.162 e. The highest BCUT2D eigenvalue weighted by Crippen LogP contribution is 2.37. The van der Waals surface area contributed by atoms with Crippen LogP contribution in [0.1, 0.15) is 40.5 Å². The van der Waals surface area contributed by atoms with Crippen LogP contribution in [-0.4, -0.2) is 17.2 Å². The number of benzene rings is 2.